The fourth-order valence-corrected chi connectivity index (χ4v) is 2.17. The van der Waals surface area contributed by atoms with Crippen molar-refractivity contribution in [2.45, 2.75) is 30.6 Å². The molecule has 22 heavy (non-hydrogen) atoms. The summed E-state index contributed by atoms with van der Waals surface area (Å²) in [7, 11) is 0. The van der Waals surface area contributed by atoms with Crippen molar-refractivity contribution >= 4 is 0 Å². The molecule has 0 bridgehead atoms. The van der Waals surface area contributed by atoms with Crippen molar-refractivity contribution in [1.29, 1.82) is 0 Å². The number of hydrogen-bond donors (Lipinski definition) is 2. The lowest BCUT2D eigenvalue weighted by Gasteiger charge is -2.23. The Morgan fingerprint density at radius 3 is 2.55 bits per heavy atom. The number of aromatic nitrogens is 2. The molecule has 1 aromatic rings. The maximum Gasteiger partial charge on any atom is 0.423 e. The lowest BCUT2D eigenvalue weighted by molar-refractivity contribution is -0.141. The first kappa shape index (κ1) is 16.6. The van der Waals surface area contributed by atoms with Crippen LogP contribution in [0.1, 0.15) is 18.2 Å². The van der Waals surface area contributed by atoms with Gasteiger partial charge in [-0.05, 0) is 0 Å². The van der Waals surface area contributed by atoms with Crippen LogP contribution in [0, 0.1) is 0 Å². The number of nitrogens with zero attached hydrogens (tertiary/aromatic N) is 1. The van der Waals surface area contributed by atoms with Gasteiger partial charge in [-0.15, -0.1) is 0 Å². The molecule has 124 valence electrons. The molecule has 0 radical (unpaired) electrons. The predicted octanol–water partition coefficient (Wildman–Crippen LogP) is 0.513. The Balaban J connectivity index is 2.50. The van der Waals surface area contributed by atoms with E-state index in [4.69, 9.17) is 9.84 Å². The van der Waals surface area contributed by atoms with E-state index in [1.54, 1.807) is 0 Å². The molecule has 1 saturated heterocycles. The smallest absolute Gasteiger partial charge is 0.393 e. The van der Waals surface area contributed by atoms with Gasteiger partial charge in [-0.1, -0.05) is 0 Å². The van der Waals surface area contributed by atoms with Crippen LogP contribution < -0.4 is 11.2 Å². The average molecular weight is 330 g/mol. The van der Waals surface area contributed by atoms with Gasteiger partial charge < -0.3 is 9.84 Å². The van der Waals surface area contributed by atoms with Crippen LogP contribution in [-0.2, 0) is 10.9 Å². The molecule has 2 heterocycles. The van der Waals surface area contributed by atoms with Crippen LogP contribution in [0.25, 0.3) is 0 Å². The monoisotopic (exact) mass is 330 g/mol. The van der Waals surface area contributed by atoms with Crippen molar-refractivity contribution in [3.63, 3.8) is 0 Å². The number of alkyl halides is 5. The molecule has 0 aromatic carbocycles. The standard InChI is InChI=1S/C11H11F5N2O4/c12-3-10(4-19)1-6(13)8(22-10)18-2-5(11(14,15)16)7(20)17-9(18)21/h2,6,8,19H,1,3-4H2,(H,17,20,21)/t6?,8?,10-/m1/s1. The van der Waals surface area contributed by atoms with Crippen LogP contribution in [0.2, 0.25) is 0 Å². The summed E-state index contributed by atoms with van der Waals surface area (Å²) in [6.45, 7) is -2.20. The highest BCUT2D eigenvalue weighted by Gasteiger charge is 2.48. The fourth-order valence-electron chi connectivity index (χ4n) is 2.17. The van der Waals surface area contributed by atoms with Crippen LogP contribution in [0.3, 0.4) is 0 Å². The van der Waals surface area contributed by atoms with Crippen LogP contribution in [0.4, 0.5) is 22.0 Å². The van der Waals surface area contributed by atoms with Crippen LogP contribution in [0.5, 0.6) is 0 Å². The third-order valence-electron chi connectivity index (χ3n) is 3.33. The van der Waals surface area contributed by atoms with Crippen molar-refractivity contribution in [3.8, 4) is 0 Å². The van der Waals surface area contributed by atoms with Crippen molar-refractivity contribution < 1.29 is 31.8 Å². The van der Waals surface area contributed by atoms with Gasteiger partial charge in [0.1, 0.15) is 24.0 Å². The molecule has 1 aromatic heterocycles. The van der Waals surface area contributed by atoms with Gasteiger partial charge in [0.25, 0.3) is 5.56 Å². The first-order chi connectivity index (χ1) is 10.1. The Bertz CT molecular complexity index is 664. The van der Waals surface area contributed by atoms with Crippen molar-refractivity contribution in [2.75, 3.05) is 13.3 Å². The summed E-state index contributed by atoms with van der Waals surface area (Å²) >= 11 is 0. The van der Waals surface area contributed by atoms with Gasteiger partial charge in [0.2, 0.25) is 0 Å². The quantitative estimate of drug-likeness (QED) is 0.791. The number of aromatic amines is 1. The second-order valence-corrected chi connectivity index (χ2v) is 4.91. The number of aliphatic hydroxyl groups is 1. The molecule has 3 atom stereocenters. The second kappa shape index (κ2) is 5.47. The van der Waals surface area contributed by atoms with Gasteiger partial charge in [-0.3, -0.25) is 14.3 Å². The minimum atomic E-state index is -5.07. The summed E-state index contributed by atoms with van der Waals surface area (Å²) < 4.78 is 69.9. The minimum absolute atomic E-state index is 0.115. The number of halogens is 5. The van der Waals surface area contributed by atoms with Gasteiger partial charge >= 0.3 is 11.9 Å². The molecule has 0 spiro atoms. The van der Waals surface area contributed by atoms with Crippen LogP contribution in [-0.4, -0.2) is 39.7 Å². The highest BCUT2D eigenvalue weighted by molar-refractivity contribution is 5.10. The predicted molar refractivity (Wildman–Crippen MR) is 61.8 cm³/mol. The largest absolute Gasteiger partial charge is 0.423 e. The maximum atomic E-state index is 13.9. The molecule has 2 N–H and O–H groups in total. The first-order valence-corrected chi connectivity index (χ1v) is 6.05. The zero-order valence-electron chi connectivity index (χ0n) is 10.9. The Morgan fingerprint density at radius 1 is 1.45 bits per heavy atom. The first-order valence-electron chi connectivity index (χ1n) is 6.05. The van der Waals surface area contributed by atoms with Crippen LogP contribution in [0.15, 0.2) is 15.8 Å². The summed E-state index contributed by atoms with van der Waals surface area (Å²) in [5.41, 5.74) is -6.66. The second-order valence-electron chi connectivity index (χ2n) is 4.91. The molecule has 2 unspecified atom stereocenters. The van der Waals surface area contributed by atoms with E-state index < -0.39 is 60.7 Å². The molecule has 0 aliphatic carbocycles. The zero-order chi connectivity index (χ0) is 16.7. The van der Waals surface area contributed by atoms with E-state index in [1.165, 1.54) is 4.98 Å². The fraction of sp³-hybridized carbons (Fsp3) is 0.636. The topological polar surface area (TPSA) is 84.3 Å². The Hall–Kier alpha value is -1.75. The lowest BCUT2D eigenvalue weighted by Crippen LogP contribution is -2.39. The van der Waals surface area contributed by atoms with E-state index in [9.17, 15) is 31.5 Å². The van der Waals surface area contributed by atoms with E-state index in [2.05, 4.69) is 0 Å². The highest BCUT2D eigenvalue weighted by Crippen LogP contribution is 2.38. The van der Waals surface area contributed by atoms with E-state index in [0.717, 1.165) is 0 Å². The van der Waals surface area contributed by atoms with Crippen molar-refractivity contribution in [3.05, 3.63) is 32.6 Å². The SMILES string of the molecule is O=c1[nH]c(=O)n(C2O[C@@](CO)(CF)CC2F)cc1C(F)(F)F. The van der Waals surface area contributed by atoms with Gasteiger partial charge in [0, 0.05) is 12.6 Å². The minimum Gasteiger partial charge on any atom is -0.393 e. The molecule has 0 amide bonds. The number of aliphatic hydroxyl groups excluding tert-OH is 1. The number of rotatable bonds is 3. The summed E-state index contributed by atoms with van der Waals surface area (Å²) in [6.07, 6.45) is -9.51. The molecular weight excluding hydrogens is 319 g/mol. The molecule has 11 heteroatoms. The molecule has 1 fully saturated rings. The third-order valence-corrected chi connectivity index (χ3v) is 3.33. The molecular formula is C11H11F5N2O4. The summed E-state index contributed by atoms with van der Waals surface area (Å²) in [6, 6.07) is 0. The summed E-state index contributed by atoms with van der Waals surface area (Å²) in [4.78, 5) is 24.1. The average Bonchev–Trinajstić information content (AvgIpc) is 2.75. The van der Waals surface area contributed by atoms with Crippen molar-refractivity contribution in [1.82, 2.24) is 9.55 Å². The Kier molecular flexibility index (Phi) is 4.13. The summed E-state index contributed by atoms with van der Waals surface area (Å²) in [5, 5.41) is 9.04. The molecule has 1 aliphatic rings. The normalized spacial score (nSPS) is 29.0. The maximum absolute atomic E-state index is 13.9. The Labute approximate surface area is 119 Å². The van der Waals surface area contributed by atoms with E-state index in [0.29, 0.717) is 0 Å². The van der Waals surface area contributed by atoms with E-state index in [-0.39, 0.29) is 10.8 Å². The van der Waals surface area contributed by atoms with Gasteiger partial charge in [-0.2, -0.15) is 13.2 Å². The van der Waals surface area contributed by atoms with Gasteiger partial charge in [0.15, 0.2) is 6.23 Å². The van der Waals surface area contributed by atoms with E-state index >= 15 is 0 Å². The molecule has 1 aliphatic heterocycles. The third kappa shape index (κ3) is 2.77. The van der Waals surface area contributed by atoms with Crippen LogP contribution >= 0.6 is 0 Å². The summed E-state index contributed by atoms with van der Waals surface area (Å²) in [5.74, 6) is 0. The van der Waals surface area contributed by atoms with Gasteiger partial charge in [-0.25, -0.2) is 13.6 Å². The number of hydrogen-bond acceptors (Lipinski definition) is 4. The van der Waals surface area contributed by atoms with Gasteiger partial charge in [0.05, 0.1) is 6.61 Å². The number of ether oxygens (including phenoxy) is 1. The lowest BCUT2D eigenvalue weighted by atomic mass is 10.0. The Morgan fingerprint density at radius 2 is 2.09 bits per heavy atom. The number of H-pyrrole nitrogens is 1. The van der Waals surface area contributed by atoms with E-state index in [1.807, 2.05) is 0 Å². The molecule has 2 rings (SSSR count). The van der Waals surface area contributed by atoms with Crippen molar-refractivity contribution in [2.24, 2.45) is 0 Å². The molecule has 0 saturated carbocycles. The molecule has 6 nitrogen and oxygen atoms in total. The highest BCUT2D eigenvalue weighted by atomic mass is 19.4. The number of nitrogens with one attached hydrogen (secondary N) is 1. The zero-order valence-corrected chi connectivity index (χ0v) is 10.9.